The first-order valence-electron chi connectivity index (χ1n) is 10.6. The van der Waals surface area contributed by atoms with E-state index >= 15 is 0 Å². The molecule has 1 N–H and O–H groups in total. The maximum absolute atomic E-state index is 13.5. The number of carbonyl (C=O) groups excluding carboxylic acids is 1. The number of halogens is 1. The number of hydrogen-bond donors (Lipinski definition) is 1. The molecule has 1 unspecified atom stereocenters. The summed E-state index contributed by atoms with van der Waals surface area (Å²) in [6.07, 6.45) is 2.66. The second-order valence-corrected chi connectivity index (χ2v) is 8.14. The van der Waals surface area contributed by atoms with Crippen LogP contribution in [0.4, 0.5) is 14.9 Å². The maximum atomic E-state index is 13.5. The number of carbonyl (C=O) groups is 1. The molecular formula is C23H25FN4O2. The van der Waals surface area contributed by atoms with Gasteiger partial charge in [-0.15, -0.1) is 0 Å². The second-order valence-electron chi connectivity index (χ2n) is 8.14. The Hall–Kier alpha value is -2.93. The zero-order valence-corrected chi connectivity index (χ0v) is 17.0. The molecule has 156 valence electrons. The van der Waals surface area contributed by atoms with Crippen molar-refractivity contribution in [3.05, 3.63) is 60.0 Å². The average Bonchev–Trinajstić information content (AvgIpc) is 3.35. The summed E-state index contributed by atoms with van der Waals surface area (Å²) in [5, 5.41) is 8.21. The molecule has 30 heavy (non-hydrogen) atoms. The van der Waals surface area contributed by atoms with E-state index in [1.54, 1.807) is 6.07 Å². The largest absolute Gasteiger partial charge is 0.356 e. The van der Waals surface area contributed by atoms with Gasteiger partial charge in [-0.2, -0.15) is 0 Å². The molecular weight excluding hydrogens is 383 g/mol. The summed E-state index contributed by atoms with van der Waals surface area (Å²) in [5.74, 6) is -0.0542. The monoisotopic (exact) mass is 408 g/mol. The van der Waals surface area contributed by atoms with Gasteiger partial charge in [0.15, 0.2) is 5.58 Å². The number of piperidine rings is 1. The van der Waals surface area contributed by atoms with Crippen LogP contribution in [0.15, 0.2) is 53.1 Å². The molecule has 0 aliphatic carbocycles. The summed E-state index contributed by atoms with van der Waals surface area (Å²) in [7, 11) is 0. The number of nitrogens with one attached hydrogen (secondary N) is 1. The lowest BCUT2D eigenvalue weighted by Crippen LogP contribution is -2.61. The molecule has 3 heterocycles. The lowest BCUT2D eigenvalue weighted by atomic mass is 9.89. The van der Waals surface area contributed by atoms with Crippen LogP contribution in [0.2, 0.25) is 0 Å². The van der Waals surface area contributed by atoms with Crippen molar-refractivity contribution in [1.29, 1.82) is 0 Å². The Bertz CT molecular complexity index is 1060. The molecule has 2 saturated heterocycles. The molecule has 2 amide bonds. The standard InChI is InChI=1S/C23H25FN4O2/c1-2-23(15-25-22(29)28(23)18-6-4-3-5-7-18)27-12-10-16(11-13-27)21-19-9-8-17(24)14-20(19)30-26-21/h3-9,14,16H,2,10-13,15H2,1H3,(H,25,29). The Morgan fingerprint density at radius 3 is 2.70 bits per heavy atom. The van der Waals surface area contributed by atoms with Gasteiger partial charge < -0.3 is 9.84 Å². The molecule has 6 nitrogen and oxygen atoms in total. The predicted octanol–water partition coefficient (Wildman–Crippen LogP) is 4.48. The van der Waals surface area contributed by atoms with Crippen LogP contribution in [0.3, 0.4) is 0 Å². The van der Waals surface area contributed by atoms with E-state index in [4.69, 9.17) is 4.52 Å². The van der Waals surface area contributed by atoms with Gasteiger partial charge >= 0.3 is 6.03 Å². The normalized spacial score (nSPS) is 23.3. The zero-order chi connectivity index (χ0) is 20.7. The summed E-state index contributed by atoms with van der Waals surface area (Å²) in [4.78, 5) is 17.1. The molecule has 2 aliphatic rings. The van der Waals surface area contributed by atoms with Gasteiger partial charge in [0.05, 0.1) is 12.2 Å². The summed E-state index contributed by atoms with van der Waals surface area (Å²) in [6, 6.07) is 14.4. The fraction of sp³-hybridized carbons (Fsp3) is 0.391. The van der Waals surface area contributed by atoms with Crippen molar-refractivity contribution in [3.63, 3.8) is 0 Å². The average molecular weight is 408 g/mol. The van der Waals surface area contributed by atoms with Gasteiger partial charge in [0.25, 0.3) is 0 Å². The highest BCUT2D eigenvalue weighted by Gasteiger charge is 2.50. The van der Waals surface area contributed by atoms with Crippen LogP contribution < -0.4 is 10.2 Å². The molecule has 0 saturated carbocycles. The maximum Gasteiger partial charge on any atom is 0.323 e. The number of anilines is 1. The van der Waals surface area contributed by atoms with E-state index in [0.717, 1.165) is 49.1 Å². The second kappa shape index (κ2) is 7.40. The van der Waals surface area contributed by atoms with Crippen molar-refractivity contribution in [2.75, 3.05) is 24.5 Å². The third-order valence-electron chi connectivity index (χ3n) is 6.65. The first-order chi connectivity index (χ1) is 14.6. The fourth-order valence-corrected chi connectivity index (χ4v) is 5.05. The third kappa shape index (κ3) is 2.96. The molecule has 2 aliphatic heterocycles. The lowest BCUT2D eigenvalue weighted by Gasteiger charge is -2.48. The molecule has 5 rings (SSSR count). The van der Waals surface area contributed by atoms with Crippen LogP contribution >= 0.6 is 0 Å². The van der Waals surface area contributed by atoms with E-state index in [9.17, 15) is 9.18 Å². The lowest BCUT2D eigenvalue weighted by molar-refractivity contribution is 0.0731. The van der Waals surface area contributed by atoms with E-state index in [-0.39, 0.29) is 23.4 Å². The van der Waals surface area contributed by atoms with Gasteiger partial charge in [-0.1, -0.05) is 30.3 Å². The van der Waals surface area contributed by atoms with Gasteiger partial charge in [-0.3, -0.25) is 9.80 Å². The van der Waals surface area contributed by atoms with Crippen molar-refractivity contribution < 1.29 is 13.7 Å². The van der Waals surface area contributed by atoms with Crippen molar-refractivity contribution in [1.82, 2.24) is 15.4 Å². The first-order valence-corrected chi connectivity index (χ1v) is 10.6. The Morgan fingerprint density at radius 1 is 1.20 bits per heavy atom. The molecule has 2 fully saturated rings. The van der Waals surface area contributed by atoms with Gasteiger partial charge in [-0.05, 0) is 43.5 Å². The topological polar surface area (TPSA) is 61.6 Å². The number of urea groups is 1. The summed E-state index contributed by atoms with van der Waals surface area (Å²) >= 11 is 0. The van der Waals surface area contributed by atoms with Crippen LogP contribution in [0, 0.1) is 5.82 Å². The van der Waals surface area contributed by atoms with Crippen molar-refractivity contribution in [3.8, 4) is 0 Å². The van der Waals surface area contributed by atoms with E-state index in [1.165, 1.54) is 12.1 Å². The predicted molar refractivity (Wildman–Crippen MR) is 113 cm³/mol. The highest BCUT2D eigenvalue weighted by molar-refractivity contribution is 5.96. The number of fused-ring (bicyclic) bond motifs is 1. The number of amides is 2. The molecule has 2 aromatic carbocycles. The molecule has 3 aromatic rings. The summed E-state index contributed by atoms with van der Waals surface area (Å²) < 4.78 is 18.8. The molecule has 0 radical (unpaired) electrons. The van der Waals surface area contributed by atoms with Crippen molar-refractivity contribution >= 4 is 22.7 Å². The van der Waals surface area contributed by atoms with Gasteiger partial charge in [0.2, 0.25) is 0 Å². The Morgan fingerprint density at radius 2 is 1.97 bits per heavy atom. The highest BCUT2D eigenvalue weighted by Crippen LogP contribution is 2.39. The number of para-hydroxylation sites is 1. The Balaban J connectivity index is 1.39. The number of likely N-dealkylation sites (tertiary alicyclic amines) is 1. The minimum Gasteiger partial charge on any atom is -0.356 e. The number of rotatable bonds is 4. The van der Waals surface area contributed by atoms with Crippen molar-refractivity contribution in [2.45, 2.75) is 37.8 Å². The first kappa shape index (κ1) is 19.1. The molecule has 0 spiro atoms. The summed E-state index contributed by atoms with van der Waals surface area (Å²) in [5.41, 5.74) is 1.95. The number of hydrogen-bond acceptors (Lipinski definition) is 4. The SMILES string of the molecule is CCC1(N2CCC(c3noc4cc(F)ccc34)CC2)CNC(=O)N1c1ccccc1. The van der Waals surface area contributed by atoms with Crippen LogP contribution in [-0.4, -0.2) is 41.4 Å². The molecule has 7 heteroatoms. The highest BCUT2D eigenvalue weighted by atomic mass is 19.1. The van der Waals surface area contributed by atoms with Gasteiger partial charge in [-0.25, -0.2) is 9.18 Å². The van der Waals surface area contributed by atoms with Gasteiger partial charge in [0, 0.05) is 36.1 Å². The third-order valence-corrected chi connectivity index (χ3v) is 6.65. The molecule has 1 atom stereocenters. The Kier molecular flexibility index (Phi) is 4.70. The van der Waals surface area contributed by atoms with E-state index < -0.39 is 0 Å². The number of benzene rings is 2. The van der Waals surface area contributed by atoms with Gasteiger partial charge in [0.1, 0.15) is 11.5 Å². The van der Waals surface area contributed by atoms with E-state index in [1.807, 2.05) is 35.2 Å². The Labute approximate surface area is 174 Å². The molecule has 1 aromatic heterocycles. The van der Waals surface area contributed by atoms with Crippen LogP contribution in [0.25, 0.3) is 11.0 Å². The quantitative estimate of drug-likeness (QED) is 0.691. The minimum absolute atomic E-state index is 0.0466. The van der Waals surface area contributed by atoms with Crippen LogP contribution in [0.5, 0.6) is 0 Å². The number of nitrogens with zero attached hydrogens (tertiary/aromatic N) is 3. The smallest absolute Gasteiger partial charge is 0.323 e. The summed E-state index contributed by atoms with van der Waals surface area (Å²) in [6.45, 7) is 4.45. The minimum atomic E-state index is -0.377. The number of aromatic nitrogens is 1. The van der Waals surface area contributed by atoms with Crippen molar-refractivity contribution in [2.24, 2.45) is 0 Å². The zero-order valence-electron chi connectivity index (χ0n) is 17.0. The van der Waals surface area contributed by atoms with Crippen LogP contribution in [0.1, 0.15) is 37.8 Å². The van der Waals surface area contributed by atoms with Crippen LogP contribution in [-0.2, 0) is 0 Å². The fourth-order valence-electron chi connectivity index (χ4n) is 5.05. The van der Waals surface area contributed by atoms with E-state index in [2.05, 4.69) is 22.3 Å². The van der Waals surface area contributed by atoms with E-state index in [0.29, 0.717) is 12.1 Å². The molecule has 0 bridgehead atoms.